The molecule has 0 spiro atoms. The second kappa shape index (κ2) is 5.41. The number of ether oxygens (including phenoxy) is 1. The molecular formula is C16H27F3O2. The number of hydrogen-bond donors (Lipinski definition) is 1. The second-order valence-electron chi connectivity index (χ2n) is 7.92. The summed E-state index contributed by atoms with van der Waals surface area (Å²) >= 11 is 0. The Morgan fingerprint density at radius 3 is 1.95 bits per heavy atom. The van der Waals surface area contributed by atoms with Crippen LogP contribution in [0.2, 0.25) is 0 Å². The lowest BCUT2D eigenvalue weighted by Gasteiger charge is -2.38. The summed E-state index contributed by atoms with van der Waals surface area (Å²) in [5.41, 5.74) is -0.706. The molecule has 1 saturated carbocycles. The summed E-state index contributed by atoms with van der Waals surface area (Å²) in [6.07, 6.45) is -2.72. The first kappa shape index (κ1) is 17.1. The zero-order chi connectivity index (χ0) is 16.1. The van der Waals surface area contributed by atoms with E-state index >= 15 is 0 Å². The van der Waals surface area contributed by atoms with Crippen molar-refractivity contribution >= 4 is 0 Å². The lowest BCUT2D eigenvalue weighted by atomic mass is 9.72. The molecule has 0 aromatic rings. The molecule has 2 unspecified atom stereocenters. The number of hydrogen-bond acceptors (Lipinski definition) is 2. The molecule has 0 amide bonds. The van der Waals surface area contributed by atoms with Crippen molar-refractivity contribution in [3.05, 3.63) is 0 Å². The van der Waals surface area contributed by atoms with Crippen LogP contribution < -0.4 is 0 Å². The van der Waals surface area contributed by atoms with Crippen LogP contribution in [0.4, 0.5) is 13.2 Å². The molecule has 0 radical (unpaired) electrons. The number of rotatable bonds is 2. The topological polar surface area (TPSA) is 29.5 Å². The molecule has 2 fully saturated rings. The molecular weight excluding hydrogens is 281 g/mol. The van der Waals surface area contributed by atoms with E-state index in [1.54, 1.807) is 0 Å². The molecule has 1 N–H and O–H groups in total. The molecule has 0 bridgehead atoms. The van der Waals surface area contributed by atoms with E-state index in [1.165, 1.54) is 0 Å². The highest BCUT2D eigenvalue weighted by atomic mass is 19.4. The van der Waals surface area contributed by atoms with Gasteiger partial charge in [0, 0.05) is 5.92 Å². The molecule has 1 saturated heterocycles. The molecule has 1 aliphatic carbocycles. The minimum Gasteiger partial charge on any atom is -0.392 e. The summed E-state index contributed by atoms with van der Waals surface area (Å²) in [5, 5.41) is 10.7. The fraction of sp³-hybridized carbons (Fsp3) is 1.00. The van der Waals surface area contributed by atoms with E-state index in [0.29, 0.717) is 12.8 Å². The first-order valence-electron chi connectivity index (χ1n) is 7.87. The third-order valence-electron chi connectivity index (χ3n) is 5.27. The van der Waals surface area contributed by atoms with Crippen LogP contribution in [0.5, 0.6) is 0 Å². The Morgan fingerprint density at radius 1 is 1.05 bits per heavy atom. The third kappa shape index (κ3) is 3.73. The normalized spacial score (nSPS) is 37.4. The van der Waals surface area contributed by atoms with Gasteiger partial charge in [-0.25, -0.2) is 0 Å². The Balaban J connectivity index is 1.98. The molecule has 2 aliphatic rings. The minimum atomic E-state index is -4.09. The summed E-state index contributed by atoms with van der Waals surface area (Å²) in [7, 11) is 0. The minimum absolute atomic E-state index is 0.0139. The van der Waals surface area contributed by atoms with Gasteiger partial charge in [0.15, 0.2) is 0 Å². The molecule has 0 aromatic heterocycles. The fourth-order valence-corrected chi connectivity index (χ4v) is 4.25. The summed E-state index contributed by atoms with van der Waals surface area (Å²) in [4.78, 5) is 0. The maximum atomic E-state index is 12.7. The predicted molar refractivity (Wildman–Crippen MR) is 74.9 cm³/mol. The fourth-order valence-electron chi connectivity index (χ4n) is 4.25. The van der Waals surface area contributed by atoms with Crippen LogP contribution in [0.1, 0.15) is 59.8 Å². The molecule has 21 heavy (non-hydrogen) atoms. The van der Waals surface area contributed by atoms with Crippen molar-refractivity contribution in [2.24, 2.45) is 17.8 Å². The first-order chi connectivity index (χ1) is 9.42. The standard InChI is InChI=1S/C16H27F3O2/c1-14(2)9-12(15(3,4)21-14)13(20)10-5-7-11(8-6-10)16(17,18)19/h10-13,20H,5-9H2,1-4H3. The Morgan fingerprint density at radius 2 is 1.57 bits per heavy atom. The highest BCUT2D eigenvalue weighted by molar-refractivity contribution is 4.99. The molecule has 5 heteroatoms. The number of aliphatic hydroxyl groups excluding tert-OH is 1. The maximum absolute atomic E-state index is 12.7. The smallest absolute Gasteiger partial charge is 0.391 e. The number of alkyl halides is 3. The van der Waals surface area contributed by atoms with Crippen molar-refractivity contribution in [3.8, 4) is 0 Å². The van der Waals surface area contributed by atoms with Crippen molar-refractivity contribution in [2.45, 2.75) is 83.3 Å². The van der Waals surface area contributed by atoms with Gasteiger partial charge in [-0.2, -0.15) is 13.2 Å². The van der Waals surface area contributed by atoms with E-state index in [9.17, 15) is 18.3 Å². The third-order valence-corrected chi connectivity index (χ3v) is 5.27. The Hall–Kier alpha value is -0.290. The quantitative estimate of drug-likeness (QED) is 0.823. The van der Waals surface area contributed by atoms with E-state index in [-0.39, 0.29) is 30.3 Å². The van der Waals surface area contributed by atoms with Crippen molar-refractivity contribution in [2.75, 3.05) is 0 Å². The van der Waals surface area contributed by atoms with Crippen molar-refractivity contribution in [1.82, 2.24) is 0 Å². The van der Waals surface area contributed by atoms with Gasteiger partial charge in [-0.15, -0.1) is 0 Å². The molecule has 2 nitrogen and oxygen atoms in total. The van der Waals surface area contributed by atoms with Crippen molar-refractivity contribution < 1.29 is 23.0 Å². The van der Waals surface area contributed by atoms with Gasteiger partial charge < -0.3 is 9.84 Å². The van der Waals surface area contributed by atoms with Gasteiger partial charge in [0.2, 0.25) is 0 Å². The number of halogens is 3. The van der Waals surface area contributed by atoms with Crippen LogP contribution >= 0.6 is 0 Å². The molecule has 0 aromatic carbocycles. The van der Waals surface area contributed by atoms with Gasteiger partial charge in [0.05, 0.1) is 23.2 Å². The average Bonchev–Trinajstić information content (AvgIpc) is 2.55. The molecule has 1 heterocycles. The van der Waals surface area contributed by atoms with Gasteiger partial charge in [0.1, 0.15) is 0 Å². The highest BCUT2D eigenvalue weighted by Crippen LogP contribution is 2.48. The van der Waals surface area contributed by atoms with Crippen LogP contribution in [-0.2, 0) is 4.74 Å². The van der Waals surface area contributed by atoms with Gasteiger partial charge in [-0.3, -0.25) is 0 Å². The van der Waals surface area contributed by atoms with E-state index in [0.717, 1.165) is 6.42 Å². The van der Waals surface area contributed by atoms with Crippen LogP contribution in [0.25, 0.3) is 0 Å². The van der Waals surface area contributed by atoms with Gasteiger partial charge in [-0.05, 0) is 65.7 Å². The van der Waals surface area contributed by atoms with E-state index in [2.05, 4.69) is 0 Å². The van der Waals surface area contributed by atoms with Crippen LogP contribution in [-0.4, -0.2) is 28.6 Å². The molecule has 2 rings (SSSR count). The van der Waals surface area contributed by atoms with E-state index in [1.807, 2.05) is 27.7 Å². The summed E-state index contributed by atoms with van der Waals surface area (Å²) in [5.74, 6) is -1.24. The highest BCUT2D eigenvalue weighted by Gasteiger charge is 2.51. The predicted octanol–water partition coefficient (Wildman–Crippen LogP) is 4.31. The Labute approximate surface area is 125 Å². The lowest BCUT2D eigenvalue weighted by Crippen LogP contribution is -2.42. The Kier molecular flexibility index (Phi) is 4.40. The van der Waals surface area contributed by atoms with E-state index < -0.39 is 23.8 Å². The zero-order valence-corrected chi connectivity index (χ0v) is 13.3. The lowest BCUT2D eigenvalue weighted by molar-refractivity contribution is -0.187. The van der Waals surface area contributed by atoms with Gasteiger partial charge >= 0.3 is 6.18 Å². The molecule has 124 valence electrons. The summed E-state index contributed by atoms with van der Waals surface area (Å²) in [6, 6.07) is 0. The molecule has 2 atom stereocenters. The SMILES string of the molecule is CC1(C)CC(C(O)C2CCC(C(F)(F)F)CC2)C(C)(C)O1. The summed E-state index contributed by atoms with van der Waals surface area (Å²) < 4.78 is 44.1. The molecule has 1 aliphatic heterocycles. The first-order valence-corrected chi connectivity index (χ1v) is 7.87. The zero-order valence-electron chi connectivity index (χ0n) is 13.3. The van der Waals surface area contributed by atoms with Gasteiger partial charge in [0.25, 0.3) is 0 Å². The van der Waals surface area contributed by atoms with Crippen molar-refractivity contribution in [3.63, 3.8) is 0 Å². The van der Waals surface area contributed by atoms with E-state index in [4.69, 9.17) is 4.74 Å². The Bertz CT molecular complexity index is 368. The maximum Gasteiger partial charge on any atom is 0.391 e. The van der Waals surface area contributed by atoms with Crippen LogP contribution in [0, 0.1) is 17.8 Å². The van der Waals surface area contributed by atoms with Gasteiger partial charge in [-0.1, -0.05) is 0 Å². The van der Waals surface area contributed by atoms with Crippen LogP contribution in [0.15, 0.2) is 0 Å². The second-order valence-corrected chi connectivity index (χ2v) is 7.92. The monoisotopic (exact) mass is 308 g/mol. The largest absolute Gasteiger partial charge is 0.392 e. The number of aliphatic hydroxyl groups is 1. The van der Waals surface area contributed by atoms with Crippen LogP contribution in [0.3, 0.4) is 0 Å². The summed E-state index contributed by atoms with van der Waals surface area (Å²) in [6.45, 7) is 7.94. The average molecular weight is 308 g/mol. The van der Waals surface area contributed by atoms with Crippen molar-refractivity contribution in [1.29, 1.82) is 0 Å².